The van der Waals surface area contributed by atoms with Gasteiger partial charge in [0.05, 0.1) is 0 Å². The molecule has 0 aliphatic heterocycles. The van der Waals surface area contributed by atoms with Gasteiger partial charge in [0.25, 0.3) is 0 Å². The molecule has 9 heteroatoms. The fourth-order valence-corrected chi connectivity index (χ4v) is 4.03. The predicted molar refractivity (Wildman–Crippen MR) is 131 cm³/mol. The van der Waals surface area contributed by atoms with Crippen molar-refractivity contribution >= 4 is 18.0 Å². The van der Waals surface area contributed by atoms with Gasteiger partial charge in [0.2, 0.25) is 0 Å². The van der Waals surface area contributed by atoms with Crippen molar-refractivity contribution in [3.63, 3.8) is 0 Å². The van der Waals surface area contributed by atoms with Crippen LogP contribution in [0.25, 0.3) is 11.1 Å². The minimum atomic E-state index is -1.12. The number of hydrazine groups is 1. The Labute approximate surface area is 204 Å². The average molecular weight is 482 g/mol. The number of unbranched alkanes of at least 4 members (excludes halogenated alkanes) is 1. The van der Waals surface area contributed by atoms with Crippen molar-refractivity contribution in [3.05, 3.63) is 72.3 Å². The van der Waals surface area contributed by atoms with Crippen molar-refractivity contribution < 1.29 is 29.0 Å². The lowest BCUT2D eigenvalue weighted by molar-refractivity contribution is -0.141. The van der Waals surface area contributed by atoms with Gasteiger partial charge in [-0.3, -0.25) is 10.2 Å². The smallest absolute Gasteiger partial charge is 0.407 e. The Bertz CT molecular complexity index is 996. The van der Waals surface area contributed by atoms with E-state index < -0.39 is 24.1 Å². The van der Waals surface area contributed by atoms with Gasteiger partial charge in [-0.2, -0.15) is 0 Å². The molecule has 3 rings (SSSR count). The van der Waals surface area contributed by atoms with E-state index in [0.29, 0.717) is 19.4 Å². The molecule has 35 heavy (non-hydrogen) atoms. The van der Waals surface area contributed by atoms with E-state index in [1.54, 1.807) is 0 Å². The molecule has 0 aromatic heterocycles. The van der Waals surface area contributed by atoms with Gasteiger partial charge in [-0.25, -0.2) is 15.0 Å². The van der Waals surface area contributed by atoms with Crippen molar-refractivity contribution in [1.82, 2.24) is 16.2 Å². The number of fused-ring (bicyclic) bond motifs is 3. The van der Waals surface area contributed by atoms with Crippen LogP contribution in [0.1, 0.15) is 36.3 Å². The largest absolute Gasteiger partial charge is 0.480 e. The molecular formula is C26H31N3O6. The summed E-state index contributed by atoms with van der Waals surface area (Å²) in [5.41, 5.74) is 10.0. The Kier molecular flexibility index (Phi) is 9.82. The number of carboxylic acid groups (broad SMARTS) is 1. The molecule has 4 N–H and O–H groups in total. The Hall–Kier alpha value is -3.69. The molecule has 0 heterocycles. The second-order valence-corrected chi connectivity index (χ2v) is 8.11. The third-order valence-electron chi connectivity index (χ3n) is 5.70. The third-order valence-corrected chi connectivity index (χ3v) is 5.70. The van der Waals surface area contributed by atoms with E-state index in [1.807, 2.05) is 48.5 Å². The third kappa shape index (κ3) is 7.40. The van der Waals surface area contributed by atoms with E-state index in [4.69, 9.17) is 9.47 Å². The molecule has 2 aromatic carbocycles. The zero-order chi connectivity index (χ0) is 25.0. The number of ether oxygens (including phenoxy) is 2. The molecule has 1 aliphatic carbocycles. The molecule has 0 radical (unpaired) electrons. The van der Waals surface area contributed by atoms with E-state index in [-0.39, 0.29) is 32.1 Å². The van der Waals surface area contributed by atoms with Crippen LogP contribution in [0.15, 0.2) is 61.2 Å². The van der Waals surface area contributed by atoms with Crippen LogP contribution in [0.2, 0.25) is 0 Å². The van der Waals surface area contributed by atoms with Crippen molar-refractivity contribution in [3.8, 4) is 11.1 Å². The molecule has 2 aromatic rings. The number of benzene rings is 2. The highest BCUT2D eigenvalue weighted by Gasteiger charge is 2.29. The number of rotatable bonds is 14. The van der Waals surface area contributed by atoms with Crippen LogP contribution < -0.4 is 16.2 Å². The number of aliphatic carboxylic acids is 1. The molecule has 1 atom stereocenters. The van der Waals surface area contributed by atoms with Crippen LogP contribution in [0.3, 0.4) is 0 Å². The van der Waals surface area contributed by atoms with Crippen LogP contribution in [-0.4, -0.2) is 55.5 Å². The van der Waals surface area contributed by atoms with Gasteiger partial charge in [0, 0.05) is 12.5 Å². The second-order valence-electron chi connectivity index (χ2n) is 8.11. The Morgan fingerprint density at radius 3 is 2.26 bits per heavy atom. The predicted octanol–water partition coefficient (Wildman–Crippen LogP) is 2.97. The summed E-state index contributed by atoms with van der Waals surface area (Å²) in [4.78, 5) is 35.3. The molecule has 1 aliphatic rings. The first-order valence-corrected chi connectivity index (χ1v) is 11.6. The van der Waals surface area contributed by atoms with Crippen LogP contribution in [0.4, 0.5) is 4.79 Å². The molecule has 0 bridgehead atoms. The summed E-state index contributed by atoms with van der Waals surface area (Å²) in [7, 11) is 0. The molecule has 0 saturated heterocycles. The molecule has 0 spiro atoms. The fourth-order valence-electron chi connectivity index (χ4n) is 4.03. The number of nitrogens with one attached hydrogen (secondary N) is 3. The summed E-state index contributed by atoms with van der Waals surface area (Å²) in [6.45, 7) is 4.27. The summed E-state index contributed by atoms with van der Waals surface area (Å²) in [6, 6.07) is 15.0. The van der Waals surface area contributed by atoms with Gasteiger partial charge in [-0.1, -0.05) is 61.2 Å². The SMILES string of the molecule is C=CCOC(=O)CNNCCCC[C@H](NC(=O)OCC1c2ccccc2-c2ccccc21)C(=O)O. The molecular weight excluding hydrogens is 450 g/mol. The van der Waals surface area contributed by atoms with Crippen molar-refractivity contribution in [2.45, 2.75) is 31.2 Å². The average Bonchev–Trinajstić information content (AvgIpc) is 3.18. The van der Waals surface area contributed by atoms with Crippen molar-refractivity contribution in [2.24, 2.45) is 0 Å². The number of alkyl carbamates (subject to hydrolysis) is 1. The number of hydrogen-bond donors (Lipinski definition) is 4. The van der Waals surface area contributed by atoms with Gasteiger partial charge in [-0.05, 0) is 41.5 Å². The first kappa shape index (κ1) is 25.9. The van der Waals surface area contributed by atoms with Crippen LogP contribution in [0.5, 0.6) is 0 Å². The Balaban J connectivity index is 1.39. The number of carbonyl (C=O) groups is 3. The number of carbonyl (C=O) groups excluding carboxylic acids is 2. The zero-order valence-corrected chi connectivity index (χ0v) is 19.5. The van der Waals surface area contributed by atoms with Crippen molar-refractivity contribution in [1.29, 1.82) is 0 Å². The first-order valence-electron chi connectivity index (χ1n) is 11.6. The number of esters is 1. The number of carboxylic acids is 1. The summed E-state index contributed by atoms with van der Waals surface area (Å²) in [6.07, 6.45) is 2.18. The van der Waals surface area contributed by atoms with Crippen molar-refractivity contribution in [2.75, 3.05) is 26.3 Å². The van der Waals surface area contributed by atoms with Gasteiger partial charge in [0.15, 0.2) is 0 Å². The fraction of sp³-hybridized carbons (Fsp3) is 0.346. The molecule has 1 amide bonds. The van der Waals surface area contributed by atoms with E-state index >= 15 is 0 Å². The maximum atomic E-state index is 12.4. The van der Waals surface area contributed by atoms with Gasteiger partial charge in [-0.15, -0.1) is 0 Å². The van der Waals surface area contributed by atoms with E-state index in [2.05, 4.69) is 22.7 Å². The topological polar surface area (TPSA) is 126 Å². The summed E-state index contributed by atoms with van der Waals surface area (Å²) in [5.74, 6) is -1.62. The van der Waals surface area contributed by atoms with Crippen LogP contribution in [-0.2, 0) is 19.1 Å². The lowest BCUT2D eigenvalue weighted by Crippen LogP contribution is -2.41. The number of hydrogen-bond acceptors (Lipinski definition) is 7. The molecule has 9 nitrogen and oxygen atoms in total. The van der Waals surface area contributed by atoms with Crippen LogP contribution in [0, 0.1) is 0 Å². The Morgan fingerprint density at radius 2 is 1.63 bits per heavy atom. The standard InChI is InChI=1S/C26H31N3O6/c1-2-15-34-24(30)16-28-27-14-8-7-13-23(25(31)32)29-26(33)35-17-22-20-11-5-3-9-18(20)19-10-4-6-12-21(19)22/h2-6,9-12,22-23,27-28H,1,7-8,13-17H2,(H,29,33)(H,31,32)/t23-/m0/s1. The van der Waals surface area contributed by atoms with Crippen LogP contribution >= 0.6 is 0 Å². The summed E-state index contributed by atoms with van der Waals surface area (Å²) >= 11 is 0. The minimum absolute atomic E-state index is 0.00886. The molecule has 0 fully saturated rings. The number of amides is 1. The monoisotopic (exact) mass is 481 g/mol. The molecule has 0 unspecified atom stereocenters. The highest BCUT2D eigenvalue weighted by atomic mass is 16.5. The maximum Gasteiger partial charge on any atom is 0.407 e. The summed E-state index contributed by atoms with van der Waals surface area (Å²) < 4.78 is 10.3. The highest BCUT2D eigenvalue weighted by Crippen LogP contribution is 2.44. The normalized spacial score (nSPS) is 12.8. The van der Waals surface area contributed by atoms with Gasteiger partial charge >= 0.3 is 18.0 Å². The lowest BCUT2D eigenvalue weighted by atomic mass is 9.98. The zero-order valence-electron chi connectivity index (χ0n) is 19.5. The first-order chi connectivity index (χ1) is 17.0. The van der Waals surface area contributed by atoms with E-state index in [0.717, 1.165) is 22.3 Å². The molecule has 186 valence electrons. The summed E-state index contributed by atoms with van der Waals surface area (Å²) in [5, 5.41) is 11.9. The van der Waals surface area contributed by atoms with E-state index in [1.165, 1.54) is 6.08 Å². The quantitative estimate of drug-likeness (QED) is 0.140. The second kappa shape index (κ2) is 13.3. The maximum absolute atomic E-state index is 12.4. The highest BCUT2D eigenvalue weighted by molar-refractivity contribution is 5.81. The Morgan fingerprint density at radius 1 is 0.971 bits per heavy atom. The van der Waals surface area contributed by atoms with E-state index in [9.17, 15) is 19.5 Å². The van der Waals surface area contributed by atoms with Gasteiger partial charge < -0.3 is 19.9 Å². The minimum Gasteiger partial charge on any atom is -0.480 e. The lowest BCUT2D eigenvalue weighted by Gasteiger charge is -2.17. The molecule has 0 saturated carbocycles. The van der Waals surface area contributed by atoms with Gasteiger partial charge in [0.1, 0.15) is 25.8 Å².